The molecule has 2 aromatic carbocycles. The zero-order valence-electron chi connectivity index (χ0n) is 14.7. The van der Waals surface area contributed by atoms with Crippen molar-refractivity contribution in [2.45, 2.75) is 25.9 Å². The van der Waals surface area contributed by atoms with E-state index in [2.05, 4.69) is 17.4 Å². The summed E-state index contributed by atoms with van der Waals surface area (Å²) < 4.78 is 8.02. The molecule has 4 rings (SSSR count). The zero-order valence-corrected chi connectivity index (χ0v) is 14.7. The lowest BCUT2D eigenvalue weighted by Crippen LogP contribution is -2.18. The van der Waals surface area contributed by atoms with E-state index in [-0.39, 0.29) is 5.91 Å². The third-order valence-electron chi connectivity index (χ3n) is 4.74. The maximum Gasteiger partial charge on any atom is 0.254 e. The van der Waals surface area contributed by atoms with Gasteiger partial charge in [-0.3, -0.25) is 4.79 Å². The fourth-order valence-electron chi connectivity index (χ4n) is 3.47. The lowest BCUT2D eigenvalue weighted by molar-refractivity contribution is 0.0958. The molecule has 5 nitrogen and oxygen atoms in total. The molecule has 1 N–H and O–H groups in total. The van der Waals surface area contributed by atoms with Crippen LogP contribution in [0.25, 0.3) is 5.69 Å². The SMILES string of the molecule is CNC(=O)c1ccccc1OCc1nn(-c2ccccc2)c2c1CCC2. The molecule has 0 atom stereocenters. The van der Waals surface area contributed by atoms with E-state index in [4.69, 9.17) is 9.84 Å². The molecular weight excluding hydrogens is 326 g/mol. The van der Waals surface area contributed by atoms with E-state index in [1.54, 1.807) is 13.1 Å². The highest BCUT2D eigenvalue weighted by Gasteiger charge is 2.23. The average Bonchev–Trinajstić information content (AvgIpc) is 3.30. The number of hydrogen-bond donors (Lipinski definition) is 1. The van der Waals surface area contributed by atoms with Gasteiger partial charge in [0.1, 0.15) is 18.1 Å². The Hall–Kier alpha value is -3.08. The van der Waals surface area contributed by atoms with Gasteiger partial charge in [0, 0.05) is 18.3 Å². The number of amides is 1. The van der Waals surface area contributed by atoms with Gasteiger partial charge in [0.15, 0.2) is 0 Å². The van der Waals surface area contributed by atoms with E-state index in [0.29, 0.717) is 17.9 Å². The third kappa shape index (κ3) is 2.96. The first-order chi connectivity index (χ1) is 12.8. The van der Waals surface area contributed by atoms with E-state index in [9.17, 15) is 4.79 Å². The number of benzene rings is 2. The summed E-state index contributed by atoms with van der Waals surface area (Å²) in [7, 11) is 1.62. The van der Waals surface area contributed by atoms with Crippen LogP contribution in [0.3, 0.4) is 0 Å². The van der Waals surface area contributed by atoms with Crippen molar-refractivity contribution in [1.29, 1.82) is 0 Å². The fraction of sp³-hybridized carbons (Fsp3) is 0.238. The van der Waals surface area contributed by atoms with Gasteiger partial charge in [-0.1, -0.05) is 30.3 Å². The summed E-state index contributed by atoms with van der Waals surface area (Å²) in [4.78, 5) is 12.0. The van der Waals surface area contributed by atoms with Gasteiger partial charge in [-0.15, -0.1) is 0 Å². The van der Waals surface area contributed by atoms with Crippen LogP contribution in [0, 0.1) is 0 Å². The lowest BCUT2D eigenvalue weighted by Gasteiger charge is -2.10. The molecule has 132 valence electrons. The molecule has 0 aliphatic heterocycles. The summed E-state index contributed by atoms with van der Waals surface area (Å²) in [5.41, 5.74) is 5.12. The van der Waals surface area contributed by atoms with E-state index in [0.717, 1.165) is 30.6 Å². The molecule has 26 heavy (non-hydrogen) atoms. The minimum Gasteiger partial charge on any atom is -0.486 e. The maximum absolute atomic E-state index is 12.0. The minimum atomic E-state index is -0.152. The molecule has 0 saturated carbocycles. The van der Waals surface area contributed by atoms with Gasteiger partial charge in [0.05, 0.1) is 11.3 Å². The van der Waals surface area contributed by atoms with Crippen molar-refractivity contribution in [3.8, 4) is 11.4 Å². The van der Waals surface area contributed by atoms with E-state index >= 15 is 0 Å². The molecule has 0 radical (unpaired) electrons. The monoisotopic (exact) mass is 347 g/mol. The predicted molar refractivity (Wildman–Crippen MR) is 99.8 cm³/mol. The number of nitrogens with one attached hydrogen (secondary N) is 1. The second-order valence-electron chi connectivity index (χ2n) is 6.34. The van der Waals surface area contributed by atoms with Crippen LogP contribution in [0.5, 0.6) is 5.75 Å². The zero-order chi connectivity index (χ0) is 17.9. The Balaban J connectivity index is 1.62. The van der Waals surface area contributed by atoms with Crippen molar-refractivity contribution >= 4 is 5.91 Å². The van der Waals surface area contributed by atoms with E-state index in [1.807, 2.05) is 41.1 Å². The molecular formula is C21H21N3O2. The first-order valence-corrected chi connectivity index (χ1v) is 8.87. The fourth-order valence-corrected chi connectivity index (χ4v) is 3.47. The van der Waals surface area contributed by atoms with Crippen LogP contribution in [0.15, 0.2) is 54.6 Å². The third-order valence-corrected chi connectivity index (χ3v) is 4.74. The van der Waals surface area contributed by atoms with Crippen LogP contribution in [-0.4, -0.2) is 22.7 Å². The van der Waals surface area contributed by atoms with Crippen LogP contribution in [0.1, 0.15) is 33.7 Å². The Morgan fingerprint density at radius 3 is 2.69 bits per heavy atom. The van der Waals surface area contributed by atoms with Crippen molar-refractivity contribution in [2.24, 2.45) is 0 Å². The molecule has 0 spiro atoms. The lowest BCUT2D eigenvalue weighted by atomic mass is 10.2. The number of rotatable bonds is 5. The summed E-state index contributed by atoms with van der Waals surface area (Å²) in [5, 5.41) is 7.45. The molecule has 0 fully saturated rings. The van der Waals surface area contributed by atoms with Crippen molar-refractivity contribution < 1.29 is 9.53 Å². The maximum atomic E-state index is 12.0. The van der Waals surface area contributed by atoms with Gasteiger partial charge < -0.3 is 10.1 Å². The van der Waals surface area contributed by atoms with Gasteiger partial charge in [-0.25, -0.2) is 4.68 Å². The molecule has 1 amide bonds. The van der Waals surface area contributed by atoms with Crippen molar-refractivity contribution in [1.82, 2.24) is 15.1 Å². The van der Waals surface area contributed by atoms with Gasteiger partial charge >= 0.3 is 0 Å². The quantitative estimate of drug-likeness (QED) is 0.770. The van der Waals surface area contributed by atoms with Crippen LogP contribution < -0.4 is 10.1 Å². The molecule has 0 bridgehead atoms. The first-order valence-electron chi connectivity index (χ1n) is 8.87. The molecule has 1 aliphatic carbocycles. The number of carbonyl (C=O) groups excluding carboxylic acids is 1. The minimum absolute atomic E-state index is 0.152. The molecule has 0 saturated heterocycles. The summed E-state index contributed by atoms with van der Waals surface area (Å²) in [5.74, 6) is 0.425. The molecule has 1 heterocycles. The molecule has 5 heteroatoms. The molecule has 1 aromatic heterocycles. The Morgan fingerprint density at radius 1 is 1.12 bits per heavy atom. The molecule has 0 unspecified atom stereocenters. The Morgan fingerprint density at radius 2 is 1.88 bits per heavy atom. The second kappa shape index (κ2) is 7.04. The topological polar surface area (TPSA) is 56.1 Å². The molecule has 1 aliphatic rings. The summed E-state index contributed by atoms with van der Waals surface area (Å²) in [6.07, 6.45) is 3.20. The van der Waals surface area contributed by atoms with Crippen molar-refractivity contribution in [2.75, 3.05) is 7.05 Å². The number of aromatic nitrogens is 2. The highest BCUT2D eigenvalue weighted by atomic mass is 16.5. The summed E-state index contributed by atoms with van der Waals surface area (Å²) in [6, 6.07) is 17.5. The van der Waals surface area contributed by atoms with Crippen molar-refractivity contribution in [3.63, 3.8) is 0 Å². The number of nitrogens with zero attached hydrogens (tertiary/aromatic N) is 2. The largest absolute Gasteiger partial charge is 0.486 e. The highest BCUT2D eigenvalue weighted by molar-refractivity contribution is 5.96. The molecule has 3 aromatic rings. The van der Waals surface area contributed by atoms with Crippen molar-refractivity contribution in [3.05, 3.63) is 77.1 Å². The average molecular weight is 347 g/mol. The van der Waals surface area contributed by atoms with Crippen LogP contribution in [0.4, 0.5) is 0 Å². The Labute approximate surface area is 152 Å². The summed E-state index contributed by atoms with van der Waals surface area (Å²) >= 11 is 0. The predicted octanol–water partition coefficient (Wildman–Crippen LogP) is 3.30. The Kier molecular flexibility index (Phi) is 4.44. The number of para-hydroxylation sites is 2. The van der Waals surface area contributed by atoms with Gasteiger partial charge in [-0.2, -0.15) is 5.10 Å². The highest BCUT2D eigenvalue weighted by Crippen LogP contribution is 2.29. The smallest absolute Gasteiger partial charge is 0.254 e. The van der Waals surface area contributed by atoms with E-state index < -0.39 is 0 Å². The summed E-state index contributed by atoms with van der Waals surface area (Å²) in [6.45, 7) is 0.357. The standard InChI is InChI=1S/C21H21N3O2/c1-22-21(25)17-10-5-6-13-20(17)26-14-18-16-11-7-12-19(16)24(23-18)15-8-3-2-4-9-15/h2-6,8-10,13H,7,11-12,14H2,1H3,(H,22,25). The van der Waals surface area contributed by atoms with Crippen LogP contribution >= 0.6 is 0 Å². The van der Waals surface area contributed by atoms with Crippen LogP contribution in [-0.2, 0) is 19.4 Å². The second-order valence-corrected chi connectivity index (χ2v) is 6.34. The van der Waals surface area contributed by atoms with Gasteiger partial charge in [0.2, 0.25) is 0 Å². The van der Waals surface area contributed by atoms with E-state index in [1.165, 1.54) is 11.3 Å². The number of carbonyl (C=O) groups is 1. The first kappa shape index (κ1) is 16.4. The normalized spacial score (nSPS) is 12.7. The van der Waals surface area contributed by atoms with Crippen LogP contribution in [0.2, 0.25) is 0 Å². The van der Waals surface area contributed by atoms with Gasteiger partial charge in [-0.05, 0) is 43.5 Å². The number of hydrogen-bond acceptors (Lipinski definition) is 3. The Bertz CT molecular complexity index is 932. The van der Waals surface area contributed by atoms with Gasteiger partial charge in [0.25, 0.3) is 5.91 Å². The number of fused-ring (bicyclic) bond motifs is 1. The number of ether oxygens (including phenoxy) is 1.